The molecule has 1 unspecified atom stereocenters. The van der Waals surface area contributed by atoms with Crippen molar-refractivity contribution in [3.63, 3.8) is 0 Å². The van der Waals surface area contributed by atoms with Gasteiger partial charge in [0.25, 0.3) is 5.91 Å². The van der Waals surface area contributed by atoms with Gasteiger partial charge in [-0.15, -0.1) is 0 Å². The molecule has 1 amide bonds. The molecule has 0 aliphatic carbocycles. The van der Waals surface area contributed by atoms with Gasteiger partial charge in [0.2, 0.25) is 0 Å². The van der Waals surface area contributed by atoms with E-state index in [2.05, 4.69) is 10.4 Å². The molecule has 27 heavy (non-hydrogen) atoms. The van der Waals surface area contributed by atoms with Gasteiger partial charge in [0.05, 0.1) is 23.2 Å². The molecule has 1 aliphatic rings. The third kappa shape index (κ3) is 3.78. The maximum atomic E-state index is 12.6. The van der Waals surface area contributed by atoms with Crippen molar-refractivity contribution >= 4 is 21.6 Å². The summed E-state index contributed by atoms with van der Waals surface area (Å²) in [6, 6.07) is 20.0. The Labute approximate surface area is 157 Å². The fraction of sp³-hybridized carbons (Fsp3) is 0.200. The molecule has 0 spiro atoms. The van der Waals surface area contributed by atoms with Gasteiger partial charge in [-0.2, -0.15) is 5.10 Å². The van der Waals surface area contributed by atoms with Crippen LogP contribution in [-0.4, -0.2) is 35.6 Å². The SMILES string of the molecule is O=C(Nc1cc(-c2ccccc2)nn1C1CCS(=O)(=O)C1)c1ccccc1. The predicted molar refractivity (Wildman–Crippen MR) is 104 cm³/mol. The number of hydrogen-bond acceptors (Lipinski definition) is 4. The average molecular weight is 381 g/mol. The molecule has 1 atom stereocenters. The number of anilines is 1. The van der Waals surface area contributed by atoms with Gasteiger partial charge in [-0.05, 0) is 18.6 Å². The number of nitrogens with one attached hydrogen (secondary N) is 1. The van der Waals surface area contributed by atoms with Crippen LogP contribution in [0.1, 0.15) is 22.8 Å². The Kier molecular flexibility index (Phi) is 4.53. The Balaban J connectivity index is 1.70. The molecule has 138 valence electrons. The summed E-state index contributed by atoms with van der Waals surface area (Å²) in [4.78, 5) is 12.6. The van der Waals surface area contributed by atoms with Gasteiger partial charge in [0.15, 0.2) is 9.84 Å². The predicted octanol–water partition coefficient (Wildman–Crippen LogP) is 3.16. The summed E-state index contributed by atoms with van der Waals surface area (Å²) in [5, 5.41) is 7.50. The molecule has 0 radical (unpaired) electrons. The summed E-state index contributed by atoms with van der Waals surface area (Å²) in [7, 11) is -3.07. The minimum absolute atomic E-state index is 0.0388. The van der Waals surface area contributed by atoms with Crippen molar-refractivity contribution < 1.29 is 13.2 Å². The first kappa shape index (κ1) is 17.5. The molecule has 1 fully saturated rings. The maximum Gasteiger partial charge on any atom is 0.256 e. The number of amides is 1. The van der Waals surface area contributed by atoms with Gasteiger partial charge >= 0.3 is 0 Å². The third-order valence-electron chi connectivity index (χ3n) is 4.64. The van der Waals surface area contributed by atoms with E-state index in [1.807, 2.05) is 36.4 Å². The summed E-state index contributed by atoms with van der Waals surface area (Å²) >= 11 is 0. The number of sulfone groups is 1. The molecule has 1 aliphatic heterocycles. The standard InChI is InChI=1S/C20H19N3O3S/c24-20(16-9-5-2-6-10-16)21-19-13-18(15-7-3-1-4-8-15)22-23(19)17-11-12-27(25,26)14-17/h1-10,13,17H,11-12,14H2,(H,21,24). The van der Waals surface area contributed by atoms with E-state index in [-0.39, 0.29) is 23.5 Å². The van der Waals surface area contributed by atoms with Crippen molar-refractivity contribution in [2.75, 3.05) is 16.8 Å². The van der Waals surface area contributed by atoms with Crippen molar-refractivity contribution in [1.29, 1.82) is 0 Å². The van der Waals surface area contributed by atoms with Crippen molar-refractivity contribution in [2.45, 2.75) is 12.5 Å². The first-order valence-electron chi connectivity index (χ1n) is 8.74. The van der Waals surface area contributed by atoms with E-state index in [9.17, 15) is 13.2 Å². The van der Waals surface area contributed by atoms with E-state index < -0.39 is 9.84 Å². The van der Waals surface area contributed by atoms with E-state index in [4.69, 9.17) is 0 Å². The summed E-state index contributed by atoms with van der Waals surface area (Å²) in [6.45, 7) is 0. The highest BCUT2D eigenvalue weighted by Crippen LogP contribution is 2.30. The minimum Gasteiger partial charge on any atom is -0.307 e. The van der Waals surface area contributed by atoms with Gasteiger partial charge in [0.1, 0.15) is 5.82 Å². The van der Waals surface area contributed by atoms with Crippen molar-refractivity contribution in [2.24, 2.45) is 0 Å². The molecule has 1 saturated heterocycles. The van der Waals surface area contributed by atoms with Gasteiger partial charge in [0, 0.05) is 17.2 Å². The molecular formula is C20H19N3O3S. The highest BCUT2D eigenvalue weighted by atomic mass is 32.2. The minimum atomic E-state index is -3.07. The van der Waals surface area contributed by atoms with Crippen LogP contribution in [0.2, 0.25) is 0 Å². The zero-order valence-electron chi connectivity index (χ0n) is 14.6. The molecule has 3 aromatic rings. The van der Waals surface area contributed by atoms with Crippen molar-refractivity contribution in [3.8, 4) is 11.3 Å². The number of hydrogen-bond donors (Lipinski definition) is 1. The van der Waals surface area contributed by atoms with Crippen LogP contribution in [0.5, 0.6) is 0 Å². The van der Waals surface area contributed by atoms with Crippen LogP contribution in [0.25, 0.3) is 11.3 Å². The van der Waals surface area contributed by atoms with Gasteiger partial charge in [-0.25, -0.2) is 13.1 Å². The smallest absolute Gasteiger partial charge is 0.256 e. The summed E-state index contributed by atoms with van der Waals surface area (Å²) in [6.07, 6.45) is 0.493. The highest BCUT2D eigenvalue weighted by Gasteiger charge is 2.31. The first-order valence-corrected chi connectivity index (χ1v) is 10.6. The molecule has 6 nitrogen and oxygen atoms in total. The van der Waals surface area contributed by atoms with Crippen LogP contribution >= 0.6 is 0 Å². The Bertz CT molecular complexity index is 1060. The van der Waals surface area contributed by atoms with E-state index in [1.54, 1.807) is 35.0 Å². The second-order valence-electron chi connectivity index (χ2n) is 6.60. The van der Waals surface area contributed by atoms with Gasteiger partial charge in [-0.1, -0.05) is 48.5 Å². The third-order valence-corrected chi connectivity index (χ3v) is 6.39. The van der Waals surface area contributed by atoms with Crippen molar-refractivity contribution in [1.82, 2.24) is 9.78 Å². The van der Waals surface area contributed by atoms with E-state index in [1.165, 1.54) is 0 Å². The molecule has 2 aromatic carbocycles. The number of carbonyl (C=O) groups excluding carboxylic acids is 1. The Hall–Kier alpha value is -2.93. The Morgan fingerprint density at radius 2 is 1.70 bits per heavy atom. The zero-order valence-corrected chi connectivity index (χ0v) is 15.4. The first-order chi connectivity index (χ1) is 13.0. The lowest BCUT2D eigenvalue weighted by Crippen LogP contribution is -2.19. The molecule has 1 aromatic heterocycles. The summed E-state index contributed by atoms with van der Waals surface area (Å²) < 4.78 is 25.5. The maximum absolute atomic E-state index is 12.6. The monoisotopic (exact) mass is 381 g/mol. The van der Waals surface area contributed by atoms with Crippen LogP contribution in [0.3, 0.4) is 0 Å². The number of carbonyl (C=O) groups is 1. The number of benzene rings is 2. The summed E-state index contributed by atoms with van der Waals surface area (Å²) in [5.41, 5.74) is 2.14. The molecular weight excluding hydrogens is 362 g/mol. The second-order valence-corrected chi connectivity index (χ2v) is 8.83. The van der Waals surface area contributed by atoms with Crippen LogP contribution in [-0.2, 0) is 9.84 Å². The fourth-order valence-corrected chi connectivity index (χ4v) is 4.95. The molecule has 0 saturated carbocycles. The molecule has 4 rings (SSSR count). The van der Waals surface area contributed by atoms with Crippen LogP contribution in [0.4, 0.5) is 5.82 Å². The van der Waals surface area contributed by atoms with Gasteiger partial charge < -0.3 is 5.32 Å². The highest BCUT2D eigenvalue weighted by molar-refractivity contribution is 7.91. The largest absolute Gasteiger partial charge is 0.307 e. The zero-order chi connectivity index (χ0) is 18.9. The van der Waals surface area contributed by atoms with Crippen LogP contribution < -0.4 is 5.32 Å². The molecule has 7 heteroatoms. The van der Waals surface area contributed by atoms with Gasteiger partial charge in [-0.3, -0.25) is 4.79 Å². The normalized spacial score (nSPS) is 18.3. The quantitative estimate of drug-likeness (QED) is 0.753. The van der Waals surface area contributed by atoms with Crippen LogP contribution in [0.15, 0.2) is 66.7 Å². The fourth-order valence-electron chi connectivity index (χ4n) is 3.26. The summed E-state index contributed by atoms with van der Waals surface area (Å²) in [5.74, 6) is 0.434. The molecule has 2 heterocycles. The van der Waals surface area contributed by atoms with E-state index >= 15 is 0 Å². The lowest BCUT2D eigenvalue weighted by molar-refractivity contribution is 0.102. The Morgan fingerprint density at radius 1 is 1.04 bits per heavy atom. The molecule has 0 bridgehead atoms. The average Bonchev–Trinajstić information content (AvgIpc) is 3.26. The number of nitrogens with zero attached hydrogens (tertiary/aromatic N) is 2. The topological polar surface area (TPSA) is 81.1 Å². The lowest BCUT2D eigenvalue weighted by Gasteiger charge is -2.13. The number of rotatable bonds is 4. The molecule has 1 N–H and O–H groups in total. The Morgan fingerprint density at radius 3 is 2.33 bits per heavy atom. The van der Waals surface area contributed by atoms with E-state index in [0.29, 0.717) is 23.5 Å². The van der Waals surface area contributed by atoms with Crippen LogP contribution in [0, 0.1) is 0 Å². The number of aromatic nitrogens is 2. The second kappa shape index (κ2) is 7.00. The van der Waals surface area contributed by atoms with Crippen molar-refractivity contribution in [3.05, 3.63) is 72.3 Å². The van der Waals surface area contributed by atoms with E-state index in [0.717, 1.165) is 5.56 Å². The lowest BCUT2D eigenvalue weighted by atomic mass is 10.1.